The smallest absolute Gasteiger partial charge is 0.271 e. The molecule has 2 aromatic rings. The highest BCUT2D eigenvalue weighted by Crippen LogP contribution is 2.33. The van der Waals surface area contributed by atoms with E-state index in [1.165, 1.54) is 25.0 Å². The molecule has 1 aliphatic carbocycles. The fourth-order valence-electron chi connectivity index (χ4n) is 2.73. The molecule has 2 heterocycles. The van der Waals surface area contributed by atoms with Gasteiger partial charge >= 0.3 is 0 Å². The lowest BCUT2D eigenvalue weighted by Gasteiger charge is -2.29. The molecule has 0 spiro atoms. The van der Waals surface area contributed by atoms with Crippen molar-refractivity contribution in [3.05, 3.63) is 35.9 Å². The van der Waals surface area contributed by atoms with Crippen LogP contribution in [0.15, 0.2) is 18.7 Å². The van der Waals surface area contributed by atoms with Gasteiger partial charge in [-0.3, -0.25) is 4.79 Å². The van der Waals surface area contributed by atoms with E-state index in [0.29, 0.717) is 18.3 Å². The molecule has 0 bridgehead atoms. The number of nitrogens with zero attached hydrogens (tertiary/aromatic N) is 4. The van der Waals surface area contributed by atoms with E-state index in [1.54, 1.807) is 17.1 Å². The van der Waals surface area contributed by atoms with Crippen LogP contribution in [-0.2, 0) is 13.5 Å². The van der Waals surface area contributed by atoms with Gasteiger partial charge in [0.2, 0.25) is 0 Å². The van der Waals surface area contributed by atoms with Crippen LogP contribution in [0.3, 0.4) is 0 Å². The van der Waals surface area contributed by atoms with Gasteiger partial charge in [0.1, 0.15) is 11.5 Å². The summed E-state index contributed by atoms with van der Waals surface area (Å²) in [6, 6.07) is 0.606. The third-order valence-electron chi connectivity index (χ3n) is 4.07. The molecule has 1 fully saturated rings. The highest BCUT2D eigenvalue weighted by molar-refractivity contribution is 5.91. The van der Waals surface area contributed by atoms with Crippen LogP contribution in [0.1, 0.15) is 47.3 Å². The second-order valence-electron chi connectivity index (χ2n) is 5.70. The van der Waals surface area contributed by atoms with Crippen LogP contribution in [0.2, 0.25) is 0 Å². The quantitative estimate of drug-likeness (QED) is 0.909. The van der Waals surface area contributed by atoms with Crippen LogP contribution in [-0.4, -0.2) is 31.6 Å². The van der Waals surface area contributed by atoms with Gasteiger partial charge in [0.25, 0.3) is 5.91 Å². The molecule has 3 rings (SSSR count). The van der Waals surface area contributed by atoms with Crippen molar-refractivity contribution in [1.82, 2.24) is 24.4 Å². The van der Waals surface area contributed by atoms with Crippen molar-refractivity contribution in [2.75, 3.05) is 6.54 Å². The Hall–Kier alpha value is -2.11. The van der Waals surface area contributed by atoms with E-state index in [4.69, 9.17) is 0 Å². The van der Waals surface area contributed by atoms with E-state index < -0.39 is 0 Å². The summed E-state index contributed by atoms with van der Waals surface area (Å²) in [6.45, 7) is 2.68. The van der Waals surface area contributed by atoms with E-state index in [-0.39, 0.29) is 5.91 Å². The molecule has 1 N–H and O–H groups in total. The van der Waals surface area contributed by atoms with Gasteiger partial charge in [-0.25, -0.2) is 9.97 Å². The maximum absolute atomic E-state index is 11.9. The van der Waals surface area contributed by atoms with Gasteiger partial charge < -0.3 is 14.5 Å². The Kier molecular flexibility index (Phi) is 3.77. The van der Waals surface area contributed by atoms with Gasteiger partial charge in [-0.2, -0.15) is 0 Å². The topological polar surface area (TPSA) is 64.7 Å². The van der Waals surface area contributed by atoms with Gasteiger partial charge in [0.05, 0.1) is 6.33 Å². The fraction of sp³-hybridized carbons (Fsp3) is 0.533. The summed E-state index contributed by atoms with van der Waals surface area (Å²) in [7, 11) is 1.85. The minimum Gasteiger partial charge on any atom is -0.350 e. The molecular weight excluding hydrogens is 266 g/mol. The molecule has 0 saturated heterocycles. The summed E-state index contributed by atoms with van der Waals surface area (Å²) < 4.78 is 4.10. The number of carbonyl (C=O) groups is 1. The van der Waals surface area contributed by atoms with Crippen molar-refractivity contribution in [2.45, 2.75) is 38.6 Å². The molecule has 2 aromatic heterocycles. The highest BCUT2D eigenvalue weighted by atomic mass is 16.1. The molecule has 0 atom stereocenters. The van der Waals surface area contributed by atoms with E-state index >= 15 is 0 Å². The predicted molar refractivity (Wildman–Crippen MR) is 79.1 cm³/mol. The first-order valence-electron chi connectivity index (χ1n) is 7.44. The van der Waals surface area contributed by atoms with E-state index in [2.05, 4.69) is 26.8 Å². The Morgan fingerprint density at radius 3 is 2.86 bits per heavy atom. The second kappa shape index (κ2) is 5.71. The Labute approximate surface area is 124 Å². The number of aryl methyl sites for hydroxylation is 2. The summed E-state index contributed by atoms with van der Waals surface area (Å²) in [4.78, 5) is 20.5. The molecule has 0 aromatic carbocycles. The standard InChI is InChI=1S/C15H21N5O/c1-11-8-17-14(20(11)12-4-3-5-12)6-7-16-15(21)13-9-19(2)10-18-13/h8-10,12H,3-7H2,1-2H3,(H,16,21). The second-order valence-corrected chi connectivity index (χ2v) is 5.70. The molecule has 1 aliphatic rings. The fourth-order valence-corrected chi connectivity index (χ4v) is 2.73. The average Bonchev–Trinajstić information content (AvgIpc) is 2.97. The van der Waals surface area contributed by atoms with Crippen molar-refractivity contribution in [1.29, 1.82) is 0 Å². The number of carbonyl (C=O) groups excluding carboxylic acids is 1. The van der Waals surface area contributed by atoms with Gasteiger partial charge in [0.15, 0.2) is 0 Å². The molecule has 1 amide bonds. The van der Waals surface area contributed by atoms with Crippen LogP contribution in [0.4, 0.5) is 0 Å². The maximum atomic E-state index is 11.9. The molecule has 112 valence electrons. The normalized spacial score (nSPS) is 15.0. The summed E-state index contributed by atoms with van der Waals surface area (Å²) in [6.07, 6.45) is 9.81. The van der Waals surface area contributed by atoms with Gasteiger partial charge in [-0.05, 0) is 26.2 Å². The number of rotatable bonds is 5. The zero-order valence-corrected chi connectivity index (χ0v) is 12.5. The van der Waals surface area contributed by atoms with Crippen molar-refractivity contribution < 1.29 is 4.79 Å². The van der Waals surface area contributed by atoms with Crippen molar-refractivity contribution in [3.63, 3.8) is 0 Å². The SMILES string of the molecule is Cc1cnc(CCNC(=O)c2cn(C)cn2)n1C1CCC1. The van der Waals surface area contributed by atoms with Crippen LogP contribution in [0.25, 0.3) is 0 Å². The summed E-state index contributed by atoms with van der Waals surface area (Å²) in [5.74, 6) is 0.938. The largest absolute Gasteiger partial charge is 0.350 e. The third kappa shape index (κ3) is 2.84. The highest BCUT2D eigenvalue weighted by Gasteiger charge is 2.23. The summed E-state index contributed by atoms with van der Waals surface area (Å²) in [5.41, 5.74) is 1.67. The zero-order chi connectivity index (χ0) is 14.8. The number of hydrogen-bond donors (Lipinski definition) is 1. The maximum Gasteiger partial charge on any atom is 0.271 e. The Balaban J connectivity index is 1.57. The predicted octanol–water partition coefficient (Wildman–Crippen LogP) is 1.62. The Morgan fingerprint density at radius 1 is 1.43 bits per heavy atom. The molecule has 6 heteroatoms. The monoisotopic (exact) mass is 287 g/mol. The third-order valence-corrected chi connectivity index (χ3v) is 4.07. The van der Waals surface area contributed by atoms with Crippen LogP contribution in [0, 0.1) is 6.92 Å². The summed E-state index contributed by atoms with van der Waals surface area (Å²) in [5, 5.41) is 2.90. The van der Waals surface area contributed by atoms with Crippen molar-refractivity contribution in [3.8, 4) is 0 Å². The number of imidazole rings is 2. The van der Waals surface area contributed by atoms with Crippen LogP contribution in [0.5, 0.6) is 0 Å². The molecular formula is C15H21N5O. The van der Waals surface area contributed by atoms with E-state index in [0.717, 1.165) is 12.2 Å². The lowest BCUT2D eigenvalue weighted by Crippen LogP contribution is -2.28. The van der Waals surface area contributed by atoms with Crippen LogP contribution < -0.4 is 5.32 Å². The molecule has 21 heavy (non-hydrogen) atoms. The van der Waals surface area contributed by atoms with E-state index in [1.807, 2.05) is 13.2 Å². The minimum absolute atomic E-state index is 0.130. The van der Waals surface area contributed by atoms with Gasteiger partial charge in [-0.1, -0.05) is 0 Å². The van der Waals surface area contributed by atoms with Gasteiger partial charge in [-0.15, -0.1) is 0 Å². The lowest BCUT2D eigenvalue weighted by molar-refractivity contribution is 0.0949. The lowest BCUT2D eigenvalue weighted by atomic mass is 9.92. The van der Waals surface area contributed by atoms with Crippen LogP contribution >= 0.6 is 0 Å². The Morgan fingerprint density at radius 2 is 2.24 bits per heavy atom. The molecule has 0 unspecified atom stereocenters. The van der Waals surface area contributed by atoms with Crippen molar-refractivity contribution >= 4 is 5.91 Å². The van der Waals surface area contributed by atoms with Gasteiger partial charge in [0, 0.05) is 44.1 Å². The molecule has 0 aliphatic heterocycles. The minimum atomic E-state index is -0.130. The number of aromatic nitrogens is 4. The Bertz CT molecular complexity index is 638. The molecule has 6 nitrogen and oxygen atoms in total. The number of hydrogen-bond acceptors (Lipinski definition) is 3. The zero-order valence-electron chi connectivity index (χ0n) is 12.5. The molecule has 1 saturated carbocycles. The number of nitrogens with one attached hydrogen (secondary N) is 1. The summed E-state index contributed by atoms with van der Waals surface area (Å²) >= 11 is 0. The van der Waals surface area contributed by atoms with E-state index in [9.17, 15) is 4.79 Å². The average molecular weight is 287 g/mol. The number of amides is 1. The van der Waals surface area contributed by atoms with Crippen molar-refractivity contribution in [2.24, 2.45) is 7.05 Å². The first kappa shape index (κ1) is 13.9. The molecule has 0 radical (unpaired) electrons. The first-order valence-corrected chi connectivity index (χ1v) is 7.44. The first-order chi connectivity index (χ1) is 10.1.